The highest BCUT2D eigenvalue weighted by molar-refractivity contribution is 7.21. The molecule has 0 saturated carbocycles. The Hall–Kier alpha value is -3.09. The van der Waals surface area contributed by atoms with Crippen LogP contribution in [0.4, 0.5) is 4.39 Å². The third-order valence-corrected chi connectivity index (χ3v) is 6.44. The normalized spacial score (nSPS) is 11.1. The lowest BCUT2D eigenvalue weighted by Crippen LogP contribution is -2.30. The fourth-order valence-electron chi connectivity index (χ4n) is 3.67. The van der Waals surface area contributed by atoms with Crippen LogP contribution in [-0.4, -0.2) is 22.9 Å². The molecule has 0 unspecified atom stereocenters. The molecule has 31 heavy (non-hydrogen) atoms. The highest BCUT2D eigenvalue weighted by atomic mass is 32.1. The SMILES string of the molecule is COCc1c(C(=O)N(Cc2cccnc2)Cc2ccccc2C)sc2cccc(F)c12. The van der Waals surface area contributed by atoms with Gasteiger partial charge in [-0.1, -0.05) is 36.4 Å². The van der Waals surface area contributed by atoms with Crippen molar-refractivity contribution in [2.75, 3.05) is 7.11 Å². The number of hydrogen-bond acceptors (Lipinski definition) is 4. The predicted octanol–water partition coefficient (Wildman–Crippen LogP) is 5.73. The van der Waals surface area contributed by atoms with Gasteiger partial charge < -0.3 is 9.64 Å². The summed E-state index contributed by atoms with van der Waals surface area (Å²) in [5.41, 5.74) is 3.72. The number of ether oxygens (including phenoxy) is 1. The van der Waals surface area contributed by atoms with Crippen molar-refractivity contribution in [1.29, 1.82) is 0 Å². The molecular formula is C25H23FN2O2S. The average Bonchev–Trinajstić information content (AvgIpc) is 3.15. The number of benzene rings is 2. The summed E-state index contributed by atoms with van der Waals surface area (Å²) < 4.78 is 20.7. The summed E-state index contributed by atoms with van der Waals surface area (Å²) in [6.45, 7) is 3.06. The molecule has 2 heterocycles. The van der Waals surface area contributed by atoms with Gasteiger partial charge in [0, 0.05) is 48.2 Å². The summed E-state index contributed by atoms with van der Waals surface area (Å²) in [5.74, 6) is -0.475. The molecule has 1 amide bonds. The Morgan fingerprint density at radius 2 is 1.94 bits per heavy atom. The maximum atomic E-state index is 14.6. The van der Waals surface area contributed by atoms with Crippen LogP contribution in [0, 0.1) is 12.7 Å². The van der Waals surface area contributed by atoms with Gasteiger partial charge in [0.2, 0.25) is 0 Å². The summed E-state index contributed by atoms with van der Waals surface area (Å²) in [6, 6.07) is 16.8. The first-order valence-corrected chi connectivity index (χ1v) is 10.8. The zero-order valence-electron chi connectivity index (χ0n) is 17.5. The molecule has 4 aromatic rings. The average molecular weight is 435 g/mol. The molecule has 0 radical (unpaired) electrons. The molecule has 0 saturated heterocycles. The Morgan fingerprint density at radius 3 is 2.68 bits per heavy atom. The molecule has 0 fully saturated rings. The van der Waals surface area contributed by atoms with Crippen LogP contribution in [0.2, 0.25) is 0 Å². The lowest BCUT2D eigenvalue weighted by molar-refractivity contribution is 0.0730. The second-order valence-electron chi connectivity index (χ2n) is 7.40. The fraction of sp³-hybridized carbons (Fsp3) is 0.200. The lowest BCUT2D eigenvalue weighted by atomic mass is 10.1. The molecule has 2 aromatic carbocycles. The molecule has 4 nitrogen and oxygen atoms in total. The number of pyridine rings is 1. The van der Waals surface area contributed by atoms with Crippen molar-refractivity contribution >= 4 is 27.3 Å². The molecule has 4 rings (SSSR count). The topological polar surface area (TPSA) is 42.4 Å². The molecule has 0 aliphatic rings. The first-order valence-electron chi connectivity index (χ1n) is 10.00. The van der Waals surface area contributed by atoms with E-state index in [9.17, 15) is 9.18 Å². The van der Waals surface area contributed by atoms with Crippen molar-refractivity contribution in [3.8, 4) is 0 Å². The first-order chi connectivity index (χ1) is 15.1. The fourth-order valence-corrected chi connectivity index (χ4v) is 4.86. The third-order valence-electron chi connectivity index (χ3n) is 5.25. The number of halogens is 1. The smallest absolute Gasteiger partial charge is 0.264 e. The third kappa shape index (κ3) is 4.50. The number of nitrogens with zero attached hydrogens (tertiary/aromatic N) is 2. The van der Waals surface area contributed by atoms with Crippen LogP contribution in [-0.2, 0) is 24.4 Å². The number of rotatable bonds is 7. The Balaban J connectivity index is 1.77. The van der Waals surface area contributed by atoms with Crippen LogP contribution in [0.1, 0.15) is 31.9 Å². The van der Waals surface area contributed by atoms with Gasteiger partial charge in [-0.15, -0.1) is 11.3 Å². The zero-order chi connectivity index (χ0) is 21.8. The second kappa shape index (κ2) is 9.37. The first kappa shape index (κ1) is 21.2. The van der Waals surface area contributed by atoms with Crippen molar-refractivity contribution < 1.29 is 13.9 Å². The van der Waals surface area contributed by atoms with E-state index in [0.717, 1.165) is 21.4 Å². The van der Waals surface area contributed by atoms with Gasteiger partial charge in [0.15, 0.2) is 0 Å². The summed E-state index contributed by atoms with van der Waals surface area (Å²) in [7, 11) is 1.55. The van der Waals surface area contributed by atoms with E-state index in [4.69, 9.17) is 4.74 Å². The quantitative estimate of drug-likeness (QED) is 0.373. The van der Waals surface area contributed by atoms with Gasteiger partial charge in [-0.25, -0.2) is 4.39 Å². The largest absolute Gasteiger partial charge is 0.380 e. The van der Waals surface area contributed by atoms with E-state index < -0.39 is 0 Å². The minimum Gasteiger partial charge on any atom is -0.380 e. The number of carbonyl (C=O) groups excluding carboxylic acids is 1. The Kier molecular flexibility index (Phi) is 6.39. The van der Waals surface area contributed by atoms with E-state index in [1.54, 1.807) is 30.5 Å². The molecule has 2 aromatic heterocycles. The van der Waals surface area contributed by atoms with Crippen molar-refractivity contribution in [2.45, 2.75) is 26.6 Å². The van der Waals surface area contributed by atoms with E-state index >= 15 is 0 Å². The number of hydrogen-bond donors (Lipinski definition) is 0. The molecule has 0 aliphatic heterocycles. The second-order valence-corrected chi connectivity index (χ2v) is 8.46. The van der Waals surface area contributed by atoms with Crippen LogP contribution in [0.25, 0.3) is 10.1 Å². The molecule has 158 valence electrons. The lowest BCUT2D eigenvalue weighted by Gasteiger charge is -2.24. The number of aromatic nitrogens is 1. The Bertz CT molecular complexity index is 1210. The van der Waals surface area contributed by atoms with Crippen molar-refractivity contribution in [1.82, 2.24) is 9.88 Å². The van der Waals surface area contributed by atoms with Crippen molar-refractivity contribution in [3.63, 3.8) is 0 Å². The number of methoxy groups -OCH3 is 1. The molecule has 0 bridgehead atoms. The van der Waals surface area contributed by atoms with Gasteiger partial charge in [0.25, 0.3) is 5.91 Å². The zero-order valence-corrected chi connectivity index (χ0v) is 18.3. The van der Waals surface area contributed by atoms with E-state index in [-0.39, 0.29) is 18.3 Å². The van der Waals surface area contributed by atoms with Gasteiger partial charge in [-0.05, 0) is 41.8 Å². The summed E-state index contributed by atoms with van der Waals surface area (Å²) in [6.07, 6.45) is 3.47. The van der Waals surface area contributed by atoms with Gasteiger partial charge in [-0.3, -0.25) is 9.78 Å². The summed E-state index contributed by atoms with van der Waals surface area (Å²) in [4.78, 5) is 20.3. The maximum absolute atomic E-state index is 14.6. The Morgan fingerprint density at radius 1 is 1.10 bits per heavy atom. The minimum absolute atomic E-state index is 0.139. The van der Waals surface area contributed by atoms with Gasteiger partial charge in [-0.2, -0.15) is 0 Å². The molecule has 0 atom stereocenters. The van der Waals surface area contributed by atoms with Crippen LogP contribution in [0.5, 0.6) is 0 Å². The van der Waals surface area contributed by atoms with Crippen LogP contribution in [0.15, 0.2) is 67.0 Å². The van der Waals surface area contributed by atoms with E-state index in [1.807, 2.05) is 49.4 Å². The molecule has 0 spiro atoms. The van der Waals surface area contributed by atoms with Gasteiger partial charge >= 0.3 is 0 Å². The molecule has 0 aliphatic carbocycles. The van der Waals surface area contributed by atoms with Crippen molar-refractivity contribution in [3.05, 3.63) is 99.9 Å². The molecule has 0 N–H and O–H groups in total. The minimum atomic E-state index is -0.336. The number of amides is 1. The standard InChI is InChI=1S/C25H23FN2O2S/c1-17-7-3-4-9-19(17)15-28(14-18-8-6-12-27-13-18)25(29)24-20(16-30-2)23-21(26)10-5-11-22(23)31-24/h3-13H,14-16H2,1-2H3. The summed E-state index contributed by atoms with van der Waals surface area (Å²) in [5, 5.41) is 0.468. The van der Waals surface area contributed by atoms with Crippen LogP contribution in [0.3, 0.4) is 0 Å². The number of carbonyl (C=O) groups is 1. The van der Waals surface area contributed by atoms with Crippen LogP contribution < -0.4 is 0 Å². The van der Waals surface area contributed by atoms with Crippen molar-refractivity contribution in [2.24, 2.45) is 0 Å². The molecule has 6 heteroatoms. The highest BCUT2D eigenvalue weighted by Crippen LogP contribution is 2.35. The summed E-state index contributed by atoms with van der Waals surface area (Å²) >= 11 is 1.31. The van der Waals surface area contributed by atoms with E-state index in [1.165, 1.54) is 17.4 Å². The maximum Gasteiger partial charge on any atom is 0.264 e. The number of aryl methyl sites for hydroxylation is 1. The molecular weight excluding hydrogens is 411 g/mol. The monoisotopic (exact) mass is 434 g/mol. The van der Waals surface area contributed by atoms with E-state index in [0.29, 0.717) is 28.9 Å². The van der Waals surface area contributed by atoms with E-state index in [2.05, 4.69) is 4.98 Å². The van der Waals surface area contributed by atoms with Gasteiger partial charge in [0.1, 0.15) is 5.82 Å². The predicted molar refractivity (Wildman–Crippen MR) is 121 cm³/mol. The van der Waals surface area contributed by atoms with Gasteiger partial charge in [0.05, 0.1) is 11.5 Å². The Labute approximate surface area is 184 Å². The number of thiophene rings is 1. The highest BCUT2D eigenvalue weighted by Gasteiger charge is 2.25. The number of fused-ring (bicyclic) bond motifs is 1. The van der Waals surface area contributed by atoms with Crippen LogP contribution >= 0.6 is 11.3 Å².